The third kappa shape index (κ3) is 4.71. The number of hydrogen-bond acceptors (Lipinski definition) is 3. The van der Waals surface area contributed by atoms with Crippen molar-refractivity contribution in [3.63, 3.8) is 0 Å². The van der Waals surface area contributed by atoms with Gasteiger partial charge >= 0.3 is 0 Å². The summed E-state index contributed by atoms with van der Waals surface area (Å²) in [5.41, 5.74) is 2.16. The second-order valence-corrected chi connectivity index (χ2v) is 6.85. The molecule has 2 saturated heterocycles. The van der Waals surface area contributed by atoms with Crippen LogP contribution in [0.15, 0.2) is 24.3 Å². The Morgan fingerprint density at radius 3 is 2.65 bits per heavy atom. The molecule has 126 valence electrons. The van der Waals surface area contributed by atoms with Gasteiger partial charge in [0.25, 0.3) is 0 Å². The average Bonchev–Trinajstić information content (AvgIpc) is 2.62. The lowest BCUT2D eigenvalue weighted by Crippen LogP contribution is -2.30. The van der Waals surface area contributed by atoms with E-state index in [9.17, 15) is 4.79 Å². The van der Waals surface area contributed by atoms with Crippen LogP contribution in [0.3, 0.4) is 0 Å². The Hall–Kier alpha value is -1.55. The summed E-state index contributed by atoms with van der Waals surface area (Å²) >= 11 is 0. The van der Waals surface area contributed by atoms with Gasteiger partial charge in [0, 0.05) is 19.5 Å². The van der Waals surface area contributed by atoms with Gasteiger partial charge in [0.1, 0.15) is 0 Å². The Kier molecular flexibility index (Phi) is 5.92. The van der Waals surface area contributed by atoms with Gasteiger partial charge in [-0.05, 0) is 69.7 Å². The smallest absolute Gasteiger partial charge is 0.224 e. The number of benzene rings is 1. The van der Waals surface area contributed by atoms with Crippen LogP contribution in [0, 0.1) is 5.92 Å². The van der Waals surface area contributed by atoms with Crippen LogP contribution in [0.4, 0.5) is 11.4 Å². The van der Waals surface area contributed by atoms with Gasteiger partial charge in [0.05, 0.1) is 11.4 Å². The van der Waals surface area contributed by atoms with E-state index in [-0.39, 0.29) is 5.91 Å². The Bertz CT molecular complexity index is 505. The minimum absolute atomic E-state index is 0.160. The van der Waals surface area contributed by atoms with E-state index in [0.717, 1.165) is 38.3 Å². The molecule has 0 bridgehead atoms. The minimum Gasteiger partial charge on any atom is -0.370 e. The Morgan fingerprint density at radius 1 is 1.13 bits per heavy atom. The monoisotopic (exact) mass is 315 g/mol. The van der Waals surface area contributed by atoms with Crippen molar-refractivity contribution in [2.45, 2.75) is 44.9 Å². The van der Waals surface area contributed by atoms with Crippen molar-refractivity contribution < 1.29 is 4.79 Å². The highest BCUT2D eigenvalue weighted by molar-refractivity contribution is 5.94. The van der Waals surface area contributed by atoms with E-state index in [4.69, 9.17) is 0 Å². The lowest BCUT2D eigenvalue weighted by atomic mass is 9.93. The van der Waals surface area contributed by atoms with Gasteiger partial charge in [-0.25, -0.2) is 0 Å². The Labute approximate surface area is 139 Å². The van der Waals surface area contributed by atoms with Crippen LogP contribution >= 0.6 is 0 Å². The third-order valence-electron chi connectivity index (χ3n) is 5.11. The molecule has 4 heteroatoms. The number of piperidine rings is 2. The van der Waals surface area contributed by atoms with E-state index < -0.39 is 0 Å². The highest BCUT2D eigenvalue weighted by Gasteiger charge is 2.17. The fourth-order valence-electron chi connectivity index (χ4n) is 3.71. The first-order chi connectivity index (χ1) is 11.3. The topological polar surface area (TPSA) is 44.4 Å². The molecule has 2 aliphatic rings. The zero-order valence-corrected chi connectivity index (χ0v) is 14.0. The maximum Gasteiger partial charge on any atom is 0.224 e. The largest absolute Gasteiger partial charge is 0.370 e. The first kappa shape index (κ1) is 16.3. The van der Waals surface area contributed by atoms with E-state index in [1.54, 1.807) is 0 Å². The number of nitrogens with one attached hydrogen (secondary N) is 2. The summed E-state index contributed by atoms with van der Waals surface area (Å²) < 4.78 is 0. The molecule has 0 saturated carbocycles. The summed E-state index contributed by atoms with van der Waals surface area (Å²) in [4.78, 5) is 14.8. The third-order valence-corrected chi connectivity index (χ3v) is 5.11. The molecule has 1 aromatic rings. The number of amides is 1. The van der Waals surface area contributed by atoms with Crippen LogP contribution in [0.2, 0.25) is 0 Å². The molecule has 1 amide bonds. The van der Waals surface area contributed by atoms with Gasteiger partial charge in [0.15, 0.2) is 0 Å². The molecule has 0 radical (unpaired) electrons. The maximum atomic E-state index is 12.3. The van der Waals surface area contributed by atoms with Crippen LogP contribution in [0.1, 0.15) is 44.9 Å². The van der Waals surface area contributed by atoms with Gasteiger partial charge in [-0.2, -0.15) is 0 Å². The molecule has 0 aromatic heterocycles. The molecule has 0 spiro atoms. The normalized spacial score (nSPS) is 19.6. The van der Waals surface area contributed by atoms with Crippen LogP contribution in [-0.2, 0) is 4.79 Å². The van der Waals surface area contributed by atoms with Gasteiger partial charge < -0.3 is 15.5 Å². The lowest BCUT2D eigenvalue weighted by molar-refractivity contribution is -0.116. The molecule has 2 aliphatic heterocycles. The summed E-state index contributed by atoms with van der Waals surface area (Å²) in [6, 6.07) is 8.24. The molecule has 23 heavy (non-hydrogen) atoms. The SMILES string of the molecule is O=C(CCC1CCNCC1)Nc1ccccc1N1CCCCC1. The fraction of sp³-hybridized carbons (Fsp3) is 0.632. The van der Waals surface area contributed by atoms with Crippen molar-refractivity contribution in [3.05, 3.63) is 24.3 Å². The molecule has 2 fully saturated rings. The van der Waals surface area contributed by atoms with Gasteiger partial charge in [0.2, 0.25) is 5.91 Å². The van der Waals surface area contributed by atoms with E-state index in [1.807, 2.05) is 12.1 Å². The van der Waals surface area contributed by atoms with E-state index in [2.05, 4.69) is 27.7 Å². The summed E-state index contributed by atoms with van der Waals surface area (Å²) in [6.07, 6.45) is 7.88. The van der Waals surface area contributed by atoms with Crippen molar-refractivity contribution in [1.29, 1.82) is 0 Å². The number of hydrogen-bond donors (Lipinski definition) is 2. The minimum atomic E-state index is 0.160. The number of nitrogens with zero attached hydrogens (tertiary/aromatic N) is 1. The Balaban J connectivity index is 1.55. The number of carbonyl (C=O) groups is 1. The summed E-state index contributed by atoms with van der Waals surface area (Å²) in [5, 5.41) is 6.53. The van der Waals surface area contributed by atoms with E-state index >= 15 is 0 Å². The lowest BCUT2D eigenvalue weighted by Gasteiger charge is -2.30. The molecule has 2 N–H and O–H groups in total. The van der Waals surface area contributed by atoms with Crippen molar-refractivity contribution in [3.8, 4) is 0 Å². The van der Waals surface area contributed by atoms with Gasteiger partial charge in [-0.15, -0.1) is 0 Å². The molecule has 4 nitrogen and oxygen atoms in total. The van der Waals surface area contributed by atoms with Crippen molar-refractivity contribution >= 4 is 17.3 Å². The Morgan fingerprint density at radius 2 is 1.87 bits per heavy atom. The van der Waals surface area contributed by atoms with Crippen molar-refractivity contribution in [1.82, 2.24) is 5.32 Å². The summed E-state index contributed by atoms with van der Waals surface area (Å²) in [6.45, 7) is 4.40. The second kappa shape index (κ2) is 8.34. The fourth-order valence-corrected chi connectivity index (χ4v) is 3.71. The second-order valence-electron chi connectivity index (χ2n) is 6.85. The average molecular weight is 315 g/mol. The highest BCUT2D eigenvalue weighted by Crippen LogP contribution is 2.28. The predicted molar refractivity (Wildman–Crippen MR) is 96.0 cm³/mol. The van der Waals surface area contributed by atoms with Crippen molar-refractivity contribution in [2.24, 2.45) is 5.92 Å². The van der Waals surface area contributed by atoms with Crippen LogP contribution in [0.5, 0.6) is 0 Å². The van der Waals surface area contributed by atoms with Gasteiger partial charge in [-0.1, -0.05) is 12.1 Å². The number of para-hydroxylation sites is 2. The number of anilines is 2. The summed E-state index contributed by atoms with van der Waals surface area (Å²) in [5.74, 6) is 0.868. The van der Waals surface area contributed by atoms with Crippen LogP contribution < -0.4 is 15.5 Å². The summed E-state index contributed by atoms with van der Waals surface area (Å²) in [7, 11) is 0. The standard InChI is InChI=1S/C19H29N3O/c23-19(9-8-16-10-12-20-13-11-16)21-17-6-2-3-7-18(17)22-14-4-1-5-15-22/h2-3,6-7,16,20H,1,4-5,8-15H2,(H,21,23). The number of carbonyl (C=O) groups excluding carboxylic acids is 1. The van der Waals surface area contributed by atoms with Gasteiger partial charge in [-0.3, -0.25) is 4.79 Å². The molecular formula is C19H29N3O. The first-order valence-electron chi connectivity index (χ1n) is 9.17. The molecule has 0 aliphatic carbocycles. The molecule has 3 rings (SSSR count). The highest BCUT2D eigenvalue weighted by atomic mass is 16.1. The van der Waals surface area contributed by atoms with Crippen molar-refractivity contribution in [2.75, 3.05) is 36.4 Å². The zero-order valence-electron chi connectivity index (χ0n) is 14.0. The predicted octanol–water partition coefficient (Wildman–Crippen LogP) is 3.40. The maximum absolute atomic E-state index is 12.3. The number of rotatable bonds is 5. The molecular weight excluding hydrogens is 286 g/mol. The van der Waals surface area contributed by atoms with Crippen LogP contribution in [-0.4, -0.2) is 32.1 Å². The first-order valence-corrected chi connectivity index (χ1v) is 9.17. The molecule has 0 atom stereocenters. The molecule has 1 aromatic carbocycles. The van der Waals surface area contributed by atoms with E-state index in [0.29, 0.717) is 12.3 Å². The molecule has 0 unspecified atom stereocenters. The quantitative estimate of drug-likeness (QED) is 0.875. The van der Waals surface area contributed by atoms with E-state index in [1.165, 1.54) is 37.8 Å². The molecule has 2 heterocycles. The zero-order chi connectivity index (χ0) is 15.9. The van der Waals surface area contributed by atoms with Crippen LogP contribution in [0.25, 0.3) is 0 Å².